The summed E-state index contributed by atoms with van der Waals surface area (Å²) >= 11 is 0. The summed E-state index contributed by atoms with van der Waals surface area (Å²) in [7, 11) is 0. The van der Waals surface area contributed by atoms with Crippen LogP contribution in [0.1, 0.15) is 65.7 Å². The van der Waals surface area contributed by atoms with Crippen molar-refractivity contribution in [2.24, 2.45) is 0 Å². The van der Waals surface area contributed by atoms with Gasteiger partial charge in [0.25, 0.3) is 0 Å². The lowest BCUT2D eigenvalue weighted by Crippen LogP contribution is -2.42. The molecule has 0 rings (SSSR count). The second-order valence-corrected chi connectivity index (χ2v) is 7.23. The average Bonchev–Trinajstić information content (AvgIpc) is 2.75. The molecule has 0 aromatic carbocycles. The summed E-state index contributed by atoms with van der Waals surface area (Å²) in [5.74, 6) is -0.176. The normalized spacial score (nSPS) is 15.2. The van der Waals surface area contributed by atoms with Crippen molar-refractivity contribution in [2.45, 2.75) is 71.3 Å². The van der Waals surface area contributed by atoms with Crippen LogP contribution in [0.4, 0.5) is 0 Å². The smallest absolute Gasteiger partial charge is 0.244 e. The molecule has 0 aliphatic carbocycles. The van der Waals surface area contributed by atoms with Crippen molar-refractivity contribution in [3.05, 3.63) is 85.1 Å². The third-order valence-corrected chi connectivity index (χ3v) is 4.60. The van der Waals surface area contributed by atoms with Gasteiger partial charge >= 0.3 is 0 Å². The Bertz CT molecular complexity index is 635. The van der Waals surface area contributed by atoms with Crippen molar-refractivity contribution in [1.82, 2.24) is 5.32 Å². The molecule has 1 unspecified atom stereocenters. The molecule has 0 fully saturated rings. The van der Waals surface area contributed by atoms with Crippen LogP contribution in [-0.2, 0) is 4.79 Å². The van der Waals surface area contributed by atoms with Crippen molar-refractivity contribution in [3.63, 3.8) is 0 Å². The summed E-state index contributed by atoms with van der Waals surface area (Å²) in [6, 6.07) is 0. The van der Waals surface area contributed by atoms with Crippen molar-refractivity contribution >= 4 is 5.91 Å². The molecule has 3 nitrogen and oxygen atoms in total. The molecule has 0 aliphatic rings. The fraction of sp³-hybridized carbons (Fsp3) is 0.444. The van der Waals surface area contributed by atoms with Crippen LogP contribution in [0.2, 0.25) is 0 Å². The first-order valence-electron chi connectivity index (χ1n) is 11.2. The molecule has 1 amide bonds. The van der Waals surface area contributed by atoms with Gasteiger partial charge in [-0.3, -0.25) is 4.79 Å². The van der Waals surface area contributed by atoms with E-state index in [1.807, 2.05) is 68.5 Å². The summed E-state index contributed by atoms with van der Waals surface area (Å²) in [6.07, 6.45) is 33.8. The number of hydrogen-bond donors (Lipinski definition) is 2. The minimum absolute atomic E-state index is 0.176. The van der Waals surface area contributed by atoms with Crippen LogP contribution in [-0.4, -0.2) is 23.2 Å². The Morgan fingerprint density at radius 2 is 1.40 bits per heavy atom. The summed E-state index contributed by atoms with van der Waals surface area (Å²) in [5.41, 5.74) is -0.801. The number of allylic oxidation sites excluding steroid dienone is 13. The largest absolute Gasteiger partial charge is 0.388 e. The number of rotatable bonds is 16. The van der Waals surface area contributed by atoms with Crippen LogP contribution < -0.4 is 5.32 Å². The molecule has 3 heteroatoms. The highest BCUT2D eigenvalue weighted by atomic mass is 16.3. The monoisotopic (exact) mass is 411 g/mol. The predicted octanol–water partition coefficient (Wildman–Crippen LogP) is 6.52. The summed E-state index contributed by atoms with van der Waals surface area (Å²) < 4.78 is 0. The topological polar surface area (TPSA) is 49.3 Å². The number of carbonyl (C=O) groups excluding carboxylic acids is 1. The fourth-order valence-electron chi connectivity index (χ4n) is 2.59. The first kappa shape index (κ1) is 27.6. The van der Waals surface area contributed by atoms with Crippen LogP contribution in [0.3, 0.4) is 0 Å². The first-order valence-corrected chi connectivity index (χ1v) is 11.2. The Morgan fingerprint density at radius 1 is 0.833 bits per heavy atom. The number of unbranched alkanes of at least 4 members (excludes halogenated alkanes) is 3. The molecule has 0 saturated carbocycles. The Hall–Kier alpha value is -2.39. The SMILES string of the molecule is CC=CC=CC=CC=CCCC=CC=CC=CC(=O)NCC(O)(CC)CCCCC. The van der Waals surface area contributed by atoms with Gasteiger partial charge in [-0.05, 0) is 32.6 Å². The number of hydrogen-bond acceptors (Lipinski definition) is 2. The summed E-state index contributed by atoms with van der Waals surface area (Å²) in [6.45, 7) is 6.39. The number of nitrogens with one attached hydrogen (secondary N) is 1. The molecule has 30 heavy (non-hydrogen) atoms. The van der Waals surface area contributed by atoms with Gasteiger partial charge in [0, 0.05) is 12.6 Å². The highest BCUT2D eigenvalue weighted by Gasteiger charge is 2.24. The highest BCUT2D eigenvalue weighted by molar-refractivity contribution is 5.87. The highest BCUT2D eigenvalue weighted by Crippen LogP contribution is 2.18. The molecule has 1 atom stereocenters. The van der Waals surface area contributed by atoms with E-state index in [9.17, 15) is 9.90 Å². The number of aliphatic hydroxyl groups is 1. The molecule has 0 saturated heterocycles. The van der Waals surface area contributed by atoms with Gasteiger partial charge in [-0.25, -0.2) is 0 Å². The number of amides is 1. The fourth-order valence-corrected chi connectivity index (χ4v) is 2.59. The summed E-state index contributed by atoms with van der Waals surface area (Å²) in [5, 5.41) is 13.3. The number of carbonyl (C=O) groups is 1. The maximum atomic E-state index is 11.9. The first-order chi connectivity index (χ1) is 14.6. The van der Waals surface area contributed by atoms with Crippen LogP contribution in [0.5, 0.6) is 0 Å². The van der Waals surface area contributed by atoms with E-state index in [0.717, 1.165) is 38.5 Å². The lowest BCUT2D eigenvalue weighted by atomic mass is 9.93. The van der Waals surface area contributed by atoms with Crippen molar-refractivity contribution in [3.8, 4) is 0 Å². The van der Waals surface area contributed by atoms with E-state index in [4.69, 9.17) is 0 Å². The van der Waals surface area contributed by atoms with Crippen LogP contribution in [0.25, 0.3) is 0 Å². The molecule has 0 aromatic heterocycles. The third kappa shape index (κ3) is 17.7. The van der Waals surface area contributed by atoms with Gasteiger partial charge in [0.05, 0.1) is 5.60 Å². The maximum Gasteiger partial charge on any atom is 0.244 e. The zero-order chi connectivity index (χ0) is 22.3. The van der Waals surface area contributed by atoms with Crippen LogP contribution in [0, 0.1) is 0 Å². The van der Waals surface area contributed by atoms with E-state index in [2.05, 4.69) is 30.5 Å². The predicted molar refractivity (Wildman–Crippen MR) is 131 cm³/mol. The van der Waals surface area contributed by atoms with Crippen molar-refractivity contribution in [2.75, 3.05) is 6.54 Å². The molecule has 0 aromatic rings. The molecule has 2 N–H and O–H groups in total. The molecule has 0 bridgehead atoms. The molecule has 0 radical (unpaired) electrons. The van der Waals surface area contributed by atoms with E-state index < -0.39 is 5.60 Å². The Balaban J connectivity index is 4.01. The van der Waals surface area contributed by atoms with E-state index in [-0.39, 0.29) is 5.91 Å². The van der Waals surface area contributed by atoms with Gasteiger partial charge in [-0.15, -0.1) is 0 Å². The van der Waals surface area contributed by atoms with Gasteiger partial charge in [0.2, 0.25) is 5.91 Å². The zero-order valence-corrected chi connectivity index (χ0v) is 19.1. The van der Waals surface area contributed by atoms with Crippen molar-refractivity contribution in [1.29, 1.82) is 0 Å². The van der Waals surface area contributed by atoms with E-state index >= 15 is 0 Å². The Labute approximate surface area is 184 Å². The Kier molecular flexibility index (Phi) is 18.3. The second-order valence-electron chi connectivity index (χ2n) is 7.23. The van der Waals surface area contributed by atoms with Crippen LogP contribution in [0.15, 0.2) is 85.1 Å². The lowest BCUT2D eigenvalue weighted by Gasteiger charge is -2.26. The quantitative estimate of drug-likeness (QED) is 0.173. The zero-order valence-electron chi connectivity index (χ0n) is 19.1. The van der Waals surface area contributed by atoms with E-state index in [0.29, 0.717) is 13.0 Å². The molecular weight excluding hydrogens is 370 g/mol. The Morgan fingerprint density at radius 3 is 1.97 bits per heavy atom. The summed E-state index contributed by atoms with van der Waals surface area (Å²) in [4.78, 5) is 11.9. The molecule has 0 spiro atoms. The second kappa shape index (κ2) is 19.9. The average molecular weight is 412 g/mol. The third-order valence-electron chi connectivity index (χ3n) is 4.60. The van der Waals surface area contributed by atoms with Gasteiger partial charge in [-0.1, -0.05) is 112 Å². The van der Waals surface area contributed by atoms with Crippen molar-refractivity contribution < 1.29 is 9.90 Å². The maximum absolute atomic E-state index is 11.9. The lowest BCUT2D eigenvalue weighted by molar-refractivity contribution is -0.117. The standard InChI is InChI=1S/C27H41NO2/c1-4-7-9-10-11-12-13-14-15-16-17-18-19-20-21-23-26(29)28-25-27(30,6-3)24-22-8-5-2/h4,7,9-14,17-21,23,30H,5-6,8,15-16,22,24-25H2,1-3H3,(H,28,29). The van der Waals surface area contributed by atoms with E-state index in [1.54, 1.807) is 6.08 Å². The van der Waals surface area contributed by atoms with Gasteiger partial charge in [0.15, 0.2) is 0 Å². The molecule has 166 valence electrons. The van der Waals surface area contributed by atoms with Crippen LogP contribution >= 0.6 is 0 Å². The van der Waals surface area contributed by atoms with Gasteiger partial charge in [-0.2, -0.15) is 0 Å². The molecule has 0 heterocycles. The van der Waals surface area contributed by atoms with E-state index in [1.165, 1.54) is 6.08 Å². The van der Waals surface area contributed by atoms with Gasteiger partial charge < -0.3 is 10.4 Å². The minimum Gasteiger partial charge on any atom is -0.388 e. The molecule has 0 aliphatic heterocycles. The molecular formula is C27H41NO2. The minimum atomic E-state index is -0.801. The van der Waals surface area contributed by atoms with Gasteiger partial charge in [0.1, 0.15) is 0 Å².